The Balaban J connectivity index is 2.04. The average Bonchev–Trinajstić information content (AvgIpc) is 2.52. The lowest BCUT2D eigenvalue weighted by molar-refractivity contribution is -0.114. The molecular weight excluding hydrogens is 284 g/mol. The first-order valence-corrected chi connectivity index (χ1v) is 9.42. The Labute approximate surface area is 142 Å². The molecule has 130 valence electrons. The van der Waals surface area contributed by atoms with E-state index in [0.29, 0.717) is 11.8 Å². The molecule has 0 aromatic rings. The van der Waals surface area contributed by atoms with Crippen LogP contribution >= 0.6 is 0 Å². The normalized spacial score (nSPS) is 24.6. The van der Waals surface area contributed by atoms with Crippen molar-refractivity contribution in [2.45, 2.75) is 78.1 Å². The van der Waals surface area contributed by atoms with Gasteiger partial charge in [-0.15, -0.1) is 0 Å². The zero-order valence-electron chi connectivity index (χ0n) is 15.0. The van der Waals surface area contributed by atoms with Gasteiger partial charge in [0, 0.05) is 5.92 Å². The molecule has 0 amide bonds. The summed E-state index contributed by atoms with van der Waals surface area (Å²) >= 11 is 0. The molecule has 3 unspecified atom stereocenters. The summed E-state index contributed by atoms with van der Waals surface area (Å²) < 4.78 is 0. The monoisotopic (exact) mass is 318 g/mol. The summed E-state index contributed by atoms with van der Waals surface area (Å²) in [5, 5.41) is 0. The maximum Gasteiger partial charge on any atom is 0.142 e. The van der Waals surface area contributed by atoms with Gasteiger partial charge in [0.1, 0.15) is 12.6 Å². The van der Waals surface area contributed by atoms with Gasteiger partial charge in [0.2, 0.25) is 0 Å². The first-order valence-electron chi connectivity index (χ1n) is 9.42. The van der Waals surface area contributed by atoms with E-state index >= 15 is 0 Å². The zero-order valence-corrected chi connectivity index (χ0v) is 15.0. The first-order chi connectivity index (χ1) is 11.2. The summed E-state index contributed by atoms with van der Waals surface area (Å²) in [7, 11) is 0. The lowest BCUT2D eigenvalue weighted by atomic mass is 9.73. The fraction of sp³-hybridized carbons (Fsp3) is 0.714. The molecule has 2 nitrogen and oxygen atoms in total. The minimum absolute atomic E-state index is 0.234. The van der Waals surface area contributed by atoms with Crippen molar-refractivity contribution in [1.82, 2.24) is 0 Å². The smallest absolute Gasteiger partial charge is 0.142 e. The molecule has 23 heavy (non-hydrogen) atoms. The molecule has 1 aliphatic rings. The van der Waals surface area contributed by atoms with Crippen LogP contribution in [0.25, 0.3) is 0 Å². The van der Waals surface area contributed by atoms with Crippen LogP contribution < -0.4 is 0 Å². The van der Waals surface area contributed by atoms with Crippen molar-refractivity contribution in [3.05, 3.63) is 23.8 Å². The van der Waals surface area contributed by atoms with Crippen molar-refractivity contribution >= 4 is 12.6 Å². The van der Waals surface area contributed by atoms with Crippen LogP contribution in [-0.2, 0) is 9.59 Å². The molecule has 2 heteroatoms. The Morgan fingerprint density at radius 3 is 2.35 bits per heavy atom. The van der Waals surface area contributed by atoms with Crippen LogP contribution in [0, 0.1) is 17.8 Å². The van der Waals surface area contributed by atoms with Crippen molar-refractivity contribution in [1.29, 1.82) is 0 Å². The van der Waals surface area contributed by atoms with Crippen LogP contribution in [0.1, 0.15) is 78.1 Å². The number of carbonyl (C=O) groups excluding carboxylic acids is 2. The van der Waals surface area contributed by atoms with E-state index in [9.17, 15) is 9.59 Å². The van der Waals surface area contributed by atoms with Gasteiger partial charge < -0.3 is 4.79 Å². The van der Waals surface area contributed by atoms with E-state index in [2.05, 4.69) is 19.9 Å². The third-order valence-electron chi connectivity index (χ3n) is 5.10. The number of rotatable bonds is 12. The van der Waals surface area contributed by atoms with Gasteiger partial charge in [-0.05, 0) is 50.5 Å². The molecule has 0 bridgehead atoms. The molecule has 0 fully saturated rings. The van der Waals surface area contributed by atoms with Gasteiger partial charge in [0.25, 0.3) is 0 Å². The van der Waals surface area contributed by atoms with Crippen LogP contribution in [-0.4, -0.2) is 12.6 Å². The second-order valence-electron chi connectivity index (χ2n) is 7.17. The van der Waals surface area contributed by atoms with E-state index < -0.39 is 0 Å². The molecule has 1 aliphatic carbocycles. The maximum absolute atomic E-state index is 11.3. The van der Waals surface area contributed by atoms with E-state index in [1.165, 1.54) is 63.2 Å². The lowest BCUT2D eigenvalue weighted by Gasteiger charge is -2.31. The summed E-state index contributed by atoms with van der Waals surface area (Å²) in [4.78, 5) is 21.5. The second-order valence-corrected chi connectivity index (χ2v) is 7.17. The predicted octanol–water partition coefficient (Wildman–Crippen LogP) is 5.67. The Hall–Kier alpha value is -1.18. The highest BCUT2D eigenvalue weighted by Gasteiger charge is 2.28. The molecule has 0 heterocycles. The van der Waals surface area contributed by atoms with Crippen LogP contribution in [0.4, 0.5) is 0 Å². The maximum atomic E-state index is 11.3. The SMILES string of the molecule is CC1=CC(C)C(C=O)C(CCCCCCCCCC=CC=O)C1. The molecular formula is C21H34O2. The molecule has 0 N–H and O–H groups in total. The number of aldehydes is 2. The highest BCUT2D eigenvalue weighted by molar-refractivity contribution is 5.64. The van der Waals surface area contributed by atoms with Crippen molar-refractivity contribution in [2.75, 3.05) is 0 Å². The average molecular weight is 319 g/mol. The largest absolute Gasteiger partial charge is 0.303 e. The predicted molar refractivity (Wildman–Crippen MR) is 97.3 cm³/mol. The zero-order chi connectivity index (χ0) is 16.9. The molecule has 0 aliphatic heterocycles. The molecule has 1 rings (SSSR count). The van der Waals surface area contributed by atoms with Gasteiger partial charge in [-0.3, -0.25) is 4.79 Å². The fourth-order valence-corrected chi connectivity index (χ4v) is 3.84. The Bertz CT molecular complexity index is 395. The van der Waals surface area contributed by atoms with Gasteiger partial charge in [-0.2, -0.15) is 0 Å². The Kier molecular flexibility index (Phi) is 10.6. The van der Waals surface area contributed by atoms with Crippen molar-refractivity contribution < 1.29 is 9.59 Å². The van der Waals surface area contributed by atoms with Crippen LogP contribution in [0.5, 0.6) is 0 Å². The summed E-state index contributed by atoms with van der Waals surface area (Å²) in [6.45, 7) is 4.38. The minimum Gasteiger partial charge on any atom is -0.303 e. The topological polar surface area (TPSA) is 34.1 Å². The number of carbonyl (C=O) groups is 2. The van der Waals surface area contributed by atoms with E-state index in [1.54, 1.807) is 6.08 Å². The third-order valence-corrected chi connectivity index (χ3v) is 5.10. The quantitative estimate of drug-likeness (QED) is 0.201. The molecule has 0 saturated heterocycles. The number of unbranched alkanes of at least 4 members (excludes halogenated alkanes) is 7. The van der Waals surface area contributed by atoms with Gasteiger partial charge in [-0.1, -0.05) is 63.2 Å². The molecule has 0 radical (unpaired) electrons. The van der Waals surface area contributed by atoms with Crippen molar-refractivity contribution in [2.24, 2.45) is 17.8 Å². The van der Waals surface area contributed by atoms with Crippen LogP contribution in [0.2, 0.25) is 0 Å². The van der Waals surface area contributed by atoms with Gasteiger partial charge in [0.15, 0.2) is 0 Å². The number of hydrogen-bond acceptors (Lipinski definition) is 2. The van der Waals surface area contributed by atoms with Crippen molar-refractivity contribution in [3.8, 4) is 0 Å². The molecule has 0 aromatic carbocycles. The minimum atomic E-state index is 0.234. The van der Waals surface area contributed by atoms with E-state index in [1.807, 2.05) is 6.08 Å². The summed E-state index contributed by atoms with van der Waals surface area (Å²) in [6.07, 6.45) is 20.1. The number of hydrogen-bond donors (Lipinski definition) is 0. The highest BCUT2D eigenvalue weighted by Crippen LogP contribution is 2.35. The van der Waals surface area contributed by atoms with Crippen molar-refractivity contribution in [3.63, 3.8) is 0 Å². The molecule has 0 spiro atoms. The second kappa shape index (κ2) is 12.3. The van der Waals surface area contributed by atoms with E-state index in [-0.39, 0.29) is 5.92 Å². The molecule has 3 atom stereocenters. The highest BCUT2D eigenvalue weighted by atomic mass is 16.1. The lowest BCUT2D eigenvalue weighted by Crippen LogP contribution is -2.26. The van der Waals surface area contributed by atoms with E-state index in [0.717, 1.165) is 19.1 Å². The van der Waals surface area contributed by atoms with Crippen LogP contribution in [0.15, 0.2) is 23.8 Å². The number of allylic oxidation sites excluding steroid dienone is 4. The fourth-order valence-electron chi connectivity index (χ4n) is 3.84. The summed E-state index contributed by atoms with van der Waals surface area (Å²) in [5.74, 6) is 1.22. The van der Waals surface area contributed by atoms with Gasteiger partial charge in [0.05, 0.1) is 0 Å². The summed E-state index contributed by atoms with van der Waals surface area (Å²) in [5.41, 5.74) is 1.46. The Morgan fingerprint density at radius 2 is 1.70 bits per heavy atom. The summed E-state index contributed by atoms with van der Waals surface area (Å²) in [6, 6.07) is 0. The molecule has 0 aromatic heterocycles. The Morgan fingerprint density at radius 1 is 1.04 bits per heavy atom. The van der Waals surface area contributed by atoms with E-state index in [4.69, 9.17) is 0 Å². The van der Waals surface area contributed by atoms with Crippen LogP contribution in [0.3, 0.4) is 0 Å². The third kappa shape index (κ3) is 8.29. The van der Waals surface area contributed by atoms with Gasteiger partial charge >= 0.3 is 0 Å². The standard InChI is InChI=1S/C21H34O2/c1-18-15-19(2)21(17-23)20(16-18)13-11-9-7-5-3-4-6-8-10-12-14-22/h10,12,14-15,17,19-21H,3-9,11,13,16H2,1-2H3. The molecule has 0 saturated carbocycles. The first kappa shape index (κ1) is 19.9. The van der Waals surface area contributed by atoms with Gasteiger partial charge in [-0.25, -0.2) is 0 Å².